The van der Waals surface area contributed by atoms with Crippen molar-refractivity contribution in [2.24, 2.45) is 7.05 Å². The first-order valence-electron chi connectivity index (χ1n) is 4.60. The summed E-state index contributed by atoms with van der Waals surface area (Å²) in [4.78, 5) is 11.5. The van der Waals surface area contributed by atoms with Crippen molar-refractivity contribution in [1.29, 1.82) is 0 Å². The zero-order valence-corrected chi connectivity index (χ0v) is 10.1. The van der Waals surface area contributed by atoms with Crippen LogP contribution in [-0.4, -0.2) is 14.3 Å². The van der Waals surface area contributed by atoms with Crippen molar-refractivity contribution in [3.63, 3.8) is 0 Å². The third-order valence-electron chi connectivity index (χ3n) is 2.21. The van der Waals surface area contributed by atoms with Crippen LogP contribution in [0.2, 0.25) is 0 Å². The van der Waals surface area contributed by atoms with Gasteiger partial charge in [-0.05, 0) is 18.2 Å². The van der Waals surface area contributed by atoms with Crippen molar-refractivity contribution >= 4 is 15.9 Å². The molecule has 0 amide bonds. The molecule has 0 saturated heterocycles. The van der Waals surface area contributed by atoms with E-state index in [1.54, 1.807) is 19.2 Å². The molecule has 0 bridgehead atoms. The van der Waals surface area contributed by atoms with E-state index in [-0.39, 0.29) is 18.1 Å². The highest BCUT2D eigenvalue weighted by molar-refractivity contribution is 9.10. The molecule has 1 aromatic carbocycles. The molecular weight excluding hydrogens is 277 g/mol. The number of benzene rings is 1. The van der Waals surface area contributed by atoms with E-state index < -0.39 is 0 Å². The van der Waals surface area contributed by atoms with Gasteiger partial charge in [0.15, 0.2) is 0 Å². The zero-order valence-electron chi connectivity index (χ0n) is 8.52. The molecule has 84 valence electrons. The second-order valence-electron chi connectivity index (χ2n) is 3.42. The van der Waals surface area contributed by atoms with Gasteiger partial charge in [0.05, 0.1) is 6.54 Å². The summed E-state index contributed by atoms with van der Waals surface area (Å²) in [5, 5.41) is 3.87. The molecule has 4 nitrogen and oxygen atoms in total. The van der Waals surface area contributed by atoms with E-state index in [0.717, 1.165) is 4.47 Å². The van der Waals surface area contributed by atoms with Gasteiger partial charge in [0, 0.05) is 17.1 Å². The maximum absolute atomic E-state index is 13.4. The van der Waals surface area contributed by atoms with Crippen LogP contribution >= 0.6 is 15.9 Å². The number of hydrogen-bond acceptors (Lipinski definition) is 2. The summed E-state index contributed by atoms with van der Waals surface area (Å²) < 4.78 is 16.8. The van der Waals surface area contributed by atoms with Crippen LogP contribution in [0.4, 0.5) is 4.39 Å². The molecule has 6 heteroatoms. The Morgan fingerprint density at radius 2 is 2.25 bits per heavy atom. The molecule has 2 aromatic rings. The third-order valence-corrected chi connectivity index (χ3v) is 2.71. The standard InChI is InChI=1S/C10H9BrFN3O/c1-14-6-13-15(10(14)16)5-7-4-8(11)2-3-9(7)12/h2-4,6H,5H2,1H3. The van der Waals surface area contributed by atoms with Crippen LogP contribution in [0.5, 0.6) is 0 Å². The van der Waals surface area contributed by atoms with Gasteiger partial charge in [-0.1, -0.05) is 15.9 Å². The number of aromatic nitrogens is 3. The topological polar surface area (TPSA) is 39.8 Å². The van der Waals surface area contributed by atoms with Crippen LogP contribution in [-0.2, 0) is 13.6 Å². The van der Waals surface area contributed by atoms with E-state index in [0.29, 0.717) is 5.56 Å². The van der Waals surface area contributed by atoms with E-state index in [2.05, 4.69) is 21.0 Å². The highest BCUT2D eigenvalue weighted by Crippen LogP contribution is 2.15. The number of aryl methyl sites for hydroxylation is 1. The van der Waals surface area contributed by atoms with Gasteiger partial charge in [-0.2, -0.15) is 5.10 Å². The highest BCUT2D eigenvalue weighted by Gasteiger charge is 2.07. The molecule has 1 heterocycles. The van der Waals surface area contributed by atoms with Crippen LogP contribution in [0.25, 0.3) is 0 Å². The van der Waals surface area contributed by atoms with Crippen LogP contribution < -0.4 is 5.69 Å². The first-order valence-corrected chi connectivity index (χ1v) is 5.39. The Morgan fingerprint density at radius 1 is 1.50 bits per heavy atom. The largest absolute Gasteiger partial charge is 0.345 e. The predicted octanol–water partition coefficient (Wildman–Crippen LogP) is 1.53. The summed E-state index contributed by atoms with van der Waals surface area (Å²) in [5.41, 5.74) is 0.162. The van der Waals surface area contributed by atoms with Gasteiger partial charge in [-0.3, -0.25) is 4.57 Å². The Balaban J connectivity index is 2.37. The average molecular weight is 286 g/mol. The molecule has 0 fully saturated rings. The lowest BCUT2D eigenvalue weighted by Gasteiger charge is -2.02. The molecule has 2 rings (SSSR count). The minimum absolute atomic E-state index is 0.130. The fourth-order valence-electron chi connectivity index (χ4n) is 1.35. The van der Waals surface area contributed by atoms with Gasteiger partial charge >= 0.3 is 5.69 Å². The number of nitrogens with zero attached hydrogens (tertiary/aromatic N) is 3. The van der Waals surface area contributed by atoms with E-state index in [9.17, 15) is 9.18 Å². The van der Waals surface area contributed by atoms with Crippen molar-refractivity contribution in [2.45, 2.75) is 6.54 Å². The fraction of sp³-hybridized carbons (Fsp3) is 0.200. The lowest BCUT2D eigenvalue weighted by Crippen LogP contribution is -2.23. The van der Waals surface area contributed by atoms with Crippen molar-refractivity contribution < 1.29 is 4.39 Å². The maximum atomic E-state index is 13.4. The molecule has 0 aliphatic carbocycles. The molecular formula is C10H9BrFN3O. The Labute approximate surface area is 99.4 Å². The van der Waals surface area contributed by atoms with Crippen molar-refractivity contribution in [1.82, 2.24) is 14.3 Å². The molecule has 0 unspecified atom stereocenters. The highest BCUT2D eigenvalue weighted by atomic mass is 79.9. The van der Waals surface area contributed by atoms with Gasteiger partial charge in [0.2, 0.25) is 0 Å². The van der Waals surface area contributed by atoms with E-state index in [4.69, 9.17) is 0 Å². The lowest BCUT2D eigenvalue weighted by molar-refractivity contribution is 0.575. The second-order valence-corrected chi connectivity index (χ2v) is 4.33. The van der Waals surface area contributed by atoms with Gasteiger partial charge in [0.25, 0.3) is 0 Å². The molecule has 0 radical (unpaired) electrons. The monoisotopic (exact) mass is 285 g/mol. The maximum Gasteiger partial charge on any atom is 0.345 e. The average Bonchev–Trinajstić information content (AvgIpc) is 2.55. The normalized spacial score (nSPS) is 10.7. The summed E-state index contributed by atoms with van der Waals surface area (Å²) in [6, 6.07) is 4.60. The van der Waals surface area contributed by atoms with Crippen molar-refractivity contribution in [3.05, 3.63) is 50.9 Å². The van der Waals surface area contributed by atoms with Crippen LogP contribution in [0.1, 0.15) is 5.56 Å². The summed E-state index contributed by atoms with van der Waals surface area (Å²) in [6.45, 7) is 0.130. The molecule has 0 N–H and O–H groups in total. The van der Waals surface area contributed by atoms with Gasteiger partial charge < -0.3 is 0 Å². The minimum atomic E-state index is -0.347. The Morgan fingerprint density at radius 3 is 2.88 bits per heavy atom. The number of hydrogen-bond donors (Lipinski definition) is 0. The summed E-state index contributed by atoms with van der Waals surface area (Å²) in [6.07, 6.45) is 1.40. The first kappa shape index (κ1) is 11.1. The smallest absolute Gasteiger partial charge is 0.285 e. The van der Waals surface area contributed by atoms with Gasteiger partial charge in [0.1, 0.15) is 12.1 Å². The third kappa shape index (κ3) is 2.06. The van der Waals surface area contributed by atoms with Gasteiger partial charge in [-0.15, -0.1) is 0 Å². The van der Waals surface area contributed by atoms with E-state index in [1.165, 1.54) is 21.6 Å². The van der Waals surface area contributed by atoms with Gasteiger partial charge in [-0.25, -0.2) is 13.9 Å². The molecule has 0 aliphatic heterocycles. The Hall–Kier alpha value is -1.43. The van der Waals surface area contributed by atoms with Crippen molar-refractivity contribution in [3.8, 4) is 0 Å². The lowest BCUT2D eigenvalue weighted by atomic mass is 10.2. The fourth-order valence-corrected chi connectivity index (χ4v) is 1.76. The molecule has 0 aliphatic rings. The van der Waals surface area contributed by atoms with Crippen LogP contribution in [0, 0.1) is 5.82 Å². The molecule has 1 aromatic heterocycles. The second kappa shape index (κ2) is 4.21. The van der Waals surface area contributed by atoms with Crippen LogP contribution in [0.3, 0.4) is 0 Å². The number of halogens is 2. The Bertz CT molecular complexity index is 576. The minimum Gasteiger partial charge on any atom is -0.285 e. The summed E-state index contributed by atoms with van der Waals surface area (Å²) in [5.74, 6) is -0.347. The quantitative estimate of drug-likeness (QED) is 0.840. The SMILES string of the molecule is Cn1cnn(Cc2cc(Br)ccc2F)c1=O. The molecule has 0 saturated carbocycles. The summed E-state index contributed by atoms with van der Waals surface area (Å²) in [7, 11) is 1.60. The first-order chi connectivity index (χ1) is 7.58. The molecule has 16 heavy (non-hydrogen) atoms. The van der Waals surface area contributed by atoms with E-state index >= 15 is 0 Å². The van der Waals surface area contributed by atoms with Crippen LogP contribution in [0.15, 0.2) is 33.8 Å². The predicted molar refractivity (Wildman–Crippen MR) is 60.7 cm³/mol. The molecule has 0 atom stereocenters. The van der Waals surface area contributed by atoms with E-state index in [1.807, 2.05) is 0 Å². The number of rotatable bonds is 2. The van der Waals surface area contributed by atoms with Crippen molar-refractivity contribution in [2.75, 3.05) is 0 Å². The zero-order chi connectivity index (χ0) is 11.7. The molecule has 0 spiro atoms. The Kier molecular flexibility index (Phi) is 2.91. The summed E-state index contributed by atoms with van der Waals surface area (Å²) >= 11 is 3.25.